The molecule has 22 heteroatoms. The van der Waals surface area contributed by atoms with Crippen LogP contribution in [-0.2, 0) is 19.9 Å². The third-order valence-electron chi connectivity index (χ3n) is 6.29. The van der Waals surface area contributed by atoms with Crippen LogP contribution in [0.1, 0.15) is 17.2 Å². The van der Waals surface area contributed by atoms with Gasteiger partial charge < -0.3 is 36.2 Å². The van der Waals surface area contributed by atoms with Crippen LogP contribution in [0.25, 0.3) is 0 Å². The van der Waals surface area contributed by atoms with Crippen LogP contribution in [0.2, 0.25) is 0 Å². The van der Waals surface area contributed by atoms with Gasteiger partial charge in [0.15, 0.2) is 0 Å². The van der Waals surface area contributed by atoms with E-state index < -0.39 is 47.5 Å². The number of pyridine rings is 2. The first-order valence-electron chi connectivity index (χ1n) is 12.7. The Labute approximate surface area is 263 Å². The highest BCUT2D eigenvalue weighted by atomic mass is 19.4. The maximum absolute atomic E-state index is 10.6. The smallest absolute Gasteiger partial charge is 0.475 e. The minimum absolute atomic E-state index is 0.132. The van der Waals surface area contributed by atoms with Gasteiger partial charge in [-0.25, -0.2) is 24.4 Å². The maximum Gasteiger partial charge on any atom is 0.490 e. The van der Waals surface area contributed by atoms with Crippen LogP contribution in [0.3, 0.4) is 0 Å². The Balaban J connectivity index is 0.000000313. The summed E-state index contributed by atoms with van der Waals surface area (Å²) < 4.78 is 95.2. The molecule has 3 unspecified atom stereocenters. The summed E-state index contributed by atoms with van der Waals surface area (Å²) >= 11 is 0. The van der Waals surface area contributed by atoms with E-state index in [-0.39, 0.29) is 6.04 Å². The summed E-state index contributed by atoms with van der Waals surface area (Å²) in [4.78, 5) is 42.9. The van der Waals surface area contributed by atoms with Crippen molar-refractivity contribution < 1.29 is 69.2 Å². The lowest BCUT2D eigenvalue weighted by Gasteiger charge is -2.48. The molecule has 0 saturated heterocycles. The molecule has 0 saturated carbocycles. The van der Waals surface area contributed by atoms with Crippen molar-refractivity contribution in [1.29, 1.82) is 0 Å². The summed E-state index contributed by atoms with van der Waals surface area (Å²) in [5.41, 5.74) is 0.983. The average Bonchev–Trinajstić information content (AvgIpc) is 3.30. The molecule has 0 radical (unpaired) electrons. The summed E-state index contributed by atoms with van der Waals surface area (Å²) in [6, 6.07) is 8.02. The van der Waals surface area contributed by atoms with Crippen molar-refractivity contribution in [3.8, 4) is 0 Å². The number of carbonyl (C=O) groups is 3. The fourth-order valence-electron chi connectivity index (χ4n) is 4.42. The van der Waals surface area contributed by atoms with Gasteiger partial charge in [-0.1, -0.05) is 12.1 Å². The van der Waals surface area contributed by atoms with Crippen LogP contribution in [0.4, 0.5) is 51.1 Å². The first-order chi connectivity index (χ1) is 22.0. The van der Waals surface area contributed by atoms with Gasteiger partial charge in [0.05, 0.1) is 12.4 Å². The standard InChI is InChI=1S/C20H21N7.3C2HF3O2/c1-27(2)18-14(5-3-10-24-18)16-20-15-6-4-9-22-17(15)23-12-8-19(20,7-11-21-16)25-13-26-20;3*3-2(4,5)1(6)7/h3-13,16,21H,1-2H3,(H,22,23)(H,25,26);3*(H,6,7). The molecule has 0 spiro atoms. The minimum atomic E-state index is -5.08. The second-order valence-corrected chi connectivity index (χ2v) is 9.57. The van der Waals surface area contributed by atoms with Gasteiger partial charge in [-0.3, -0.25) is 4.99 Å². The van der Waals surface area contributed by atoms with Gasteiger partial charge in [-0.15, -0.1) is 0 Å². The van der Waals surface area contributed by atoms with E-state index in [2.05, 4.69) is 50.2 Å². The number of fused-ring (bicyclic) bond motifs is 1. The Morgan fingerprint density at radius 2 is 1.27 bits per heavy atom. The Morgan fingerprint density at radius 3 is 1.77 bits per heavy atom. The zero-order chi connectivity index (χ0) is 36.7. The number of aliphatic imine (C=N–C) groups is 1. The predicted octanol–water partition coefficient (Wildman–Crippen LogP) is 3.81. The lowest BCUT2D eigenvalue weighted by molar-refractivity contribution is -0.193. The van der Waals surface area contributed by atoms with Crippen molar-refractivity contribution in [3.05, 3.63) is 72.3 Å². The van der Waals surface area contributed by atoms with E-state index in [0.717, 1.165) is 22.8 Å². The van der Waals surface area contributed by atoms with Crippen LogP contribution in [0, 0.1) is 0 Å². The highest BCUT2D eigenvalue weighted by Crippen LogP contribution is 2.55. The van der Waals surface area contributed by atoms with Crippen LogP contribution >= 0.6 is 0 Å². The lowest BCUT2D eigenvalue weighted by Crippen LogP contribution is -2.60. The van der Waals surface area contributed by atoms with E-state index in [9.17, 15) is 39.5 Å². The van der Waals surface area contributed by atoms with E-state index >= 15 is 0 Å². The summed E-state index contributed by atoms with van der Waals surface area (Å²) in [5.74, 6) is -6.54. The van der Waals surface area contributed by atoms with Crippen molar-refractivity contribution in [3.63, 3.8) is 0 Å². The van der Waals surface area contributed by atoms with E-state index in [0.29, 0.717) is 0 Å². The van der Waals surface area contributed by atoms with Crippen molar-refractivity contribution in [1.82, 2.24) is 20.6 Å². The number of nitrogens with one attached hydrogen (secondary N) is 3. The van der Waals surface area contributed by atoms with Gasteiger partial charge in [0.1, 0.15) is 22.7 Å². The summed E-state index contributed by atoms with van der Waals surface area (Å²) in [6.45, 7) is 0. The molecule has 0 fully saturated rings. The Kier molecular flexibility index (Phi) is 11.6. The van der Waals surface area contributed by atoms with Gasteiger partial charge in [0.25, 0.3) is 0 Å². The predicted molar refractivity (Wildman–Crippen MR) is 148 cm³/mol. The summed E-state index contributed by atoms with van der Waals surface area (Å²) in [6.07, 6.45) is -1.63. The number of aliphatic carboxylic acids is 3. The molecule has 0 bridgehead atoms. The molecular formula is C26H24F9N7O6. The molecular weight excluding hydrogens is 677 g/mol. The summed E-state index contributed by atoms with van der Waals surface area (Å²) in [5, 5.41) is 31.7. The van der Waals surface area contributed by atoms with Crippen molar-refractivity contribution in [2.75, 3.05) is 24.3 Å². The zero-order valence-corrected chi connectivity index (χ0v) is 24.2. The molecule has 5 rings (SSSR count). The Bertz CT molecular complexity index is 1520. The van der Waals surface area contributed by atoms with Gasteiger partial charge in [-0.05, 0) is 30.5 Å². The number of carboxylic acids is 3. The number of aromatic nitrogens is 2. The number of carboxylic acid groups (broad SMARTS) is 3. The second-order valence-electron chi connectivity index (χ2n) is 9.57. The van der Waals surface area contributed by atoms with Crippen molar-refractivity contribution >= 4 is 35.9 Å². The van der Waals surface area contributed by atoms with Crippen molar-refractivity contribution in [2.24, 2.45) is 4.99 Å². The van der Waals surface area contributed by atoms with Gasteiger partial charge in [-0.2, -0.15) is 39.5 Å². The van der Waals surface area contributed by atoms with Gasteiger partial charge in [0.2, 0.25) is 0 Å². The molecule has 2 aromatic heterocycles. The number of nitrogens with zero attached hydrogens (tertiary/aromatic N) is 4. The molecule has 6 N–H and O–H groups in total. The lowest BCUT2D eigenvalue weighted by atomic mass is 9.65. The fraction of sp³-hybridized carbons (Fsp3) is 0.308. The number of hydrogen-bond donors (Lipinski definition) is 6. The zero-order valence-electron chi connectivity index (χ0n) is 24.2. The molecule has 262 valence electrons. The SMILES string of the molecule is CN(C)c1ncccc1C1NC=CC23C=CNc4ncccc4C12N=CN3.O=C(O)C(F)(F)F.O=C(O)C(F)(F)F.O=C(O)C(F)(F)F. The molecule has 5 heterocycles. The molecule has 0 aliphatic carbocycles. The average molecular weight is 702 g/mol. The van der Waals surface area contributed by atoms with Gasteiger partial charge in [0, 0.05) is 43.8 Å². The molecule has 3 atom stereocenters. The van der Waals surface area contributed by atoms with Crippen LogP contribution < -0.4 is 20.9 Å². The third-order valence-corrected chi connectivity index (χ3v) is 6.29. The first kappa shape index (κ1) is 38.6. The monoisotopic (exact) mass is 701 g/mol. The number of anilines is 2. The van der Waals surface area contributed by atoms with E-state index in [1.54, 1.807) is 6.20 Å². The molecule has 3 aliphatic heterocycles. The van der Waals surface area contributed by atoms with E-state index in [4.69, 9.17) is 34.7 Å². The number of hydrogen-bond acceptors (Lipinski definition) is 10. The number of rotatable bonds is 2. The van der Waals surface area contributed by atoms with Crippen LogP contribution in [-0.4, -0.2) is 87.7 Å². The molecule has 0 amide bonds. The minimum Gasteiger partial charge on any atom is -0.475 e. The fourth-order valence-corrected chi connectivity index (χ4v) is 4.42. The molecule has 48 heavy (non-hydrogen) atoms. The van der Waals surface area contributed by atoms with E-state index in [1.807, 2.05) is 56.1 Å². The molecule has 3 aliphatic rings. The van der Waals surface area contributed by atoms with Crippen molar-refractivity contribution in [2.45, 2.75) is 35.6 Å². The highest BCUT2D eigenvalue weighted by Gasteiger charge is 2.61. The molecule has 2 aromatic rings. The topological polar surface area (TPSA) is 189 Å². The Morgan fingerprint density at radius 1 is 0.792 bits per heavy atom. The number of alkyl halides is 9. The normalized spacial score (nSPS) is 21.5. The quantitative estimate of drug-likeness (QED) is 0.249. The third kappa shape index (κ3) is 8.61. The van der Waals surface area contributed by atoms with E-state index in [1.165, 1.54) is 0 Å². The summed E-state index contributed by atoms with van der Waals surface area (Å²) in [7, 11) is 4.02. The second kappa shape index (κ2) is 14.5. The highest BCUT2D eigenvalue weighted by molar-refractivity contribution is 5.74. The molecule has 0 aromatic carbocycles. The number of halogens is 9. The van der Waals surface area contributed by atoms with Gasteiger partial charge >= 0.3 is 36.4 Å². The first-order valence-corrected chi connectivity index (χ1v) is 12.7. The van der Waals surface area contributed by atoms with Crippen LogP contribution in [0.5, 0.6) is 0 Å². The Hall–Kier alpha value is -5.57. The molecule has 13 nitrogen and oxygen atoms in total. The maximum atomic E-state index is 10.6. The van der Waals surface area contributed by atoms with Crippen LogP contribution in [0.15, 0.2) is 66.2 Å². The largest absolute Gasteiger partial charge is 0.490 e.